The molecule has 6 nitrogen and oxygen atoms in total. The summed E-state index contributed by atoms with van der Waals surface area (Å²) in [5.41, 5.74) is 9.57. The number of hydrazone groups is 1. The van der Waals surface area contributed by atoms with E-state index in [1.807, 2.05) is 0 Å². The van der Waals surface area contributed by atoms with Crippen LogP contribution in [-0.4, -0.2) is 21.8 Å². The van der Waals surface area contributed by atoms with Crippen LogP contribution >= 0.6 is 0 Å². The van der Waals surface area contributed by atoms with Gasteiger partial charge >= 0.3 is 0 Å². The minimum absolute atomic E-state index is 0.0508. The van der Waals surface area contributed by atoms with Crippen molar-refractivity contribution in [2.24, 2.45) is 5.10 Å². The van der Waals surface area contributed by atoms with Crippen LogP contribution in [0.5, 0.6) is 11.5 Å². The zero-order chi connectivity index (χ0) is 15.4. The van der Waals surface area contributed by atoms with Gasteiger partial charge in [-0.3, -0.25) is 4.79 Å². The first-order valence-electron chi connectivity index (χ1n) is 6.20. The number of phenols is 2. The molecule has 108 valence electrons. The van der Waals surface area contributed by atoms with Gasteiger partial charge in [0.2, 0.25) is 0 Å². The van der Waals surface area contributed by atoms with Crippen LogP contribution in [0.1, 0.15) is 22.8 Å². The summed E-state index contributed by atoms with van der Waals surface area (Å²) in [6, 6.07) is 10.8. The lowest BCUT2D eigenvalue weighted by atomic mass is 10.1. The maximum Gasteiger partial charge on any atom is 0.273 e. The van der Waals surface area contributed by atoms with Crippen LogP contribution < -0.4 is 11.2 Å². The average Bonchev–Trinajstić information content (AvgIpc) is 2.45. The molecule has 0 radical (unpaired) electrons. The maximum atomic E-state index is 11.9. The summed E-state index contributed by atoms with van der Waals surface area (Å²) in [5.74, 6) is -0.611. The third kappa shape index (κ3) is 3.30. The molecular formula is C15H15N3O3. The second-order valence-electron chi connectivity index (χ2n) is 4.43. The largest absolute Gasteiger partial charge is 0.508 e. The molecule has 2 aromatic rings. The van der Waals surface area contributed by atoms with Crippen LogP contribution in [0.4, 0.5) is 5.69 Å². The Hall–Kier alpha value is -3.02. The number of para-hydroxylation sites is 1. The van der Waals surface area contributed by atoms with Crippen LogP contribution in [0, 0.1) is 0 Å². The van der Waals surface area contributed by atoms with Crippen molar-refractivity contribution in [3.05, 3.63) is 53.6 Å². The number of hydrogen-bond donors (Lipinski definition) is 4. The van der Waals surface area contributed by atoms with Crippen molar-refractivity contribution in [2.75, 3.05) is 5.73 Å². The SMILES string of the molecule is C/C(=N/NC(=O)c1ccccc1N)c1ccc(O)cc1O. The molecule has 1 amide bonds. The fraction of sp³-hybridized carbons (Fsp3) is 0.0667. The Labute approximate surface area is 121 Å². The number of carbonyl (C=O) groups excluding carboxylic acids is 1. The van der Waals surface area contributed by atoms with Crippen LogP contribution in [0.25, 0.3) is 0 Å². The monoisotopic (exact) mass is 285 g/mol. The summed E-state index contributed by atoms with van der Waals surface area (Å²) in [7, 11) is 0. The van der Waals surface area contributed by atoms with Crippen LogP contribution in [0.3, 0.4) is 0 Å². The number of aromatic hydroxyl groups is 2. The second-order valence-corrected chi connectivity index (χ2v) is 4.43. The average molecular weight is 285 g/mol. The molecule has 0 spiro atoms. The van der Waals surface area contributed by atoms with Gasteiger partial charge < -0.3 is 15.9 Å². The molecule has 0 unspecified atom stereocenters. The molecule has 0 aliphatic carbocycles. The normalized spacial score (nSPS) is 11.2. The summed E-state index contributed by atoms with van der Waals surface area (Å²) in [6.45, 7) is 1.63. The first-order valence-corrected chi connectivity index (χ1v) is 6.20. The quantitative estimate of drug-likeness (QED) is 0.392. The molecule has 6 heteroatoms. The van der Waals surface area contributed by atoms with Gasteiger partial charge in [0, 0.05) is 17.3 Å². The van der Waals surface area contributed by atoms with Gasteiger partial charge in [0.25, 0.3) is 5.91 Å². The molecule has 2 aromatic carbocycles. The number of anilines is 1. The number of rotatable bonds is 3. The fourth-order valence-corrected chi connectivity index (χ4v) is 1.78. The zero-order valence-electron chi connectivity index (χ0n) is 11.4. The summed E-state index contributed by atoms with van der Waals surface area (Å²) < 4.78 is 0. The Morgan fingerprint density at radius 2 is 1.86 bits per heavy atom. The molecule has 0 heterocycles. The Morgan fingerprint density at radius 1 is 1.14 bits per heavy atom. The first kappa shape index (κ1) is 14.4. The Kier molecular flexibility index (Phi) is 4.08. The lowest BCUT2D eigenvalue weighted by Gasteiger charge is -2.06. The fourth-order valence-electron chi connectivity index (χ4n) is 1.78. The molecule has 0 fully saturated rings. The van der Waals surface area contributed by atoms with E-state index in [1.54, 1.807) is 31.2 Å². The minimum atomic E-state index is -0.439. The molecule has 0 atom stereocenters. The van der Waals surface area contributed by atoms with Gasteiger partial charge in [0.05, 0.1) is 11.3 Å². The van der Waals surface area contributed by atoms with Crippen molar-refractivity contribution in [2.45, 2.75) is 6.92 Å². The van der Waals surface area contributed by atoms with Gasteiger partial charge in [-0.1, -0.05) is 12.1 Å². The van der Waals surface area contributed by atoms with Gasteiger partial charge in [-0.25, -0.2) is 5.43 Å². The molecule has 2 rings (SSSR count). The molecule has 0 aliphatic rings. The van der Waals surface area contributed by atoms with Gasteiger partial charge in [-0.15, -0.1) is 0 Å². The summed E-state index contributed by atoms with van der Waals surface area (Å²) >= 11 is 0. The van der Waals surface area contributed by atoms with Crippen LogP contribution in [-0.2, 0) is 0 Å². The molecule has 0 bridgehead atoms. The number of phenolic OH excluding ortho intramolecular Hbond substituents is 2. The van der Waals surface area contributed by atoms with Gasteiger partial charge in [0.1, 0.15) is 11.5 Å². The van der Waals surface area contributed by atoms with Crippen LogP contribution in [0.2, 0.25) is 0 Å². The Morgan fingerprint density at radius 3 is 2.52 bits per heavy atom. The zero-order valence-corrected chi connectivity index (χ0v) is 11.4. The molecule has 0 saturated heterocycles. The molecule has 5 N–H and O–H groups in total. The number of nitrogens with two attached hydrogens (primary N) is 1. The molecule has 0 aromatic heterocycles. The second kappa shape index (κ2) is 5.96. The third-order valence-electron chi connectivity index (χ3n) is 2.90. The summed E-state index contributed by atoms with van der Waals surface area (Å²) in [6.07, 6.45) is 0. The van der Waals surface area contributed by atoms with E-state index in [-0.39, 0.29) is 11.5 Å². The number of nitrogens with zero attached hydrogens (tertiary/aromatic N) is 1. The van der Waals surface area contributed by atoms with Gasteiger partial charge in [-0.05, 0) is 31.2 Å². The highest BCUT2D eigenvalue weighted by molar-refractivity contribution is 6.03. The standard InChI is InChI=1S/C15H15N3O3/c1-9(11-7-6-10(19)8-14(11)20)17-18-15(21)12-4-2-3-5-13(12)16/h2-8,19-20H,16H2,1H3,(H,18,21)/b17-9-. The van der Waals surface area contributed by atoms with Crippen LogP contribution in [0.15, 0.2) is 47.6 Å². The Balaban J connectivity index is 2.17. The number of carbonyl (C=O) groups is 1. The van der Waals surface area contributed by atoms with Gasteiger partial charge in [-0.2, -0.15) is 5.10 Å². The van der Waals surface area contributed by atoms with Crippen molar-refractivity contribution < 1.29 is 15.0 Å². The number of nitrogen functional groups attached to an aromatic ring is 1. The predicted octanol–water partition coefficient (Wildman–Crippen LogP) is 1.83. The number of nitrogens with one attached hydrogen (secondary N) is 1. The van der Waals surface area contributed by atoms with E-state index in [1.165, 1.54) is 18.2 Å². The highest BCUT2D eigenvalue weighted by Crippen LogP contribution is 2.23. The van der Waals surface area contributed by atoms with E-state index in [0.717, 1.165) is 0 Å². The van der Waals surface area contributed by atoms with Crippen molar-refractivity contribution >= 4 is 17.3 Å². The lowest BCUT2D eigenvalue weighted by molar-refractivity contribution is 0.0955. The highest BCUT2D eigenvalue weighted by atomic mass is 16.3. The number of benzene rings is 2. The number of amides is 1. The number of hydrogen-bond acceptors (Lipinski definition) is 5. The van der Waals surface area contributed by atoms with Crippen molar-refractivity contribution in [3.63, 3.8) is 0 Å². The van der Waals surface area contributed by atoms with E-state index in [2.05, 4.69) is 10.5 Å². The maximum absolute atomic E-state index is 11.9. The van der Waals surface area contributed by atoms with E-state index >= 15 is 0 Å². The van der Waals surface area contributed by atoms with Crippen molar-refractivity contribution in [1.29, 1.82) is 0 Å². The first-order chi connectivity index (χ1) is 9.99. The summed E-state index contributed by atoms with van der Waals surface area (Å²) in [4.78, 5) is 11.9. The molecular weight excluding hydrogens is 270 g/mol. The minimum Gasteiger partial charge on any atom is -0.508 e. The van der Waals surface area contributed by atoms with E-state index in [9.17, 15) is 15.0 Å². The molecule has 21 heavy (non-hydrogen) atoms. The Bertz CT molecular complexity index is 711. The lowest BCUT2D eigenvalue weighted by Crippen LogP contribution is -2.20. The molecule has 0 saturated carbocycles. The van der Waals surface area contributed by atoms with E-state index in [4.69, 9.17) is 5.73 Å². The predicted molar refractivity (Wildman–Crippen MR) is 80.3 cm³/mol. The topological polar surface area (TPSA) is 108 Å². The molecule has 0 aliphatic heterocycles. The van der Waals surface area contributed by atoms with E-state index in [0.29, 0.717) is 22.5 Å². The van der Waals surface area contributed by atoms with Crippen molar-refractivity contribution in [3.8, 4) is 11.5 Å². The van der Waals surface area contributed by atoms with Crippen molar-refractivity contribution in [1.82, 2.24) is 5.43 Å². The van der Waals surface area contributed by atoms with Gasteiger partial charge in [0.15, 0.2) is 0 Å². The third-order valence-corrected chi connectivity index (χ3v) is 2.90. The smallest absolute Gasteiger partial charge is 0.273 e. The van der Waals surface area contributed by atoms with E-state index < -0.39 is 5.91 Å². The highest BCUT2D eigenvalue weighted by Gasteiger charge is 2.09. The summed E-state index contributed by atoms with van der Waals surface area (Å²) in [5, 5.41) is 22.9.